The lowest BCUT2D eigenvalue weighted by atomic mass is 10.1. The van der Waals surface area contributed by atoms with Crippen LogP contribution in [0.2, 0.25) is 0 Å². The van der Waals surface area contributed by atoms with Crippen molar-refractivity contribution in [2.24, 2.45) is 0 Å². The summed E-state index contributed by atoms with van der Waals surface area (Å²) in [5.41, 5.74) is 2.88. The molecule has 2 aromatic heterocycles. The van der Waals surface area contributed by atoms with Crippen LogP contribution in [0.25, 0.3) is 10.8 Å². The molecule has 3 nitrogen and oxygen atoms in total. The van der Waals surface area contributed by atoms with Gasteiger partial charge < -0.3 is 9.52 Å². The van der Waals surface area contributed by atoms with Gasteiger partial charge in [0.2, 0.25) is 0 Å². The van der Waals surface area contributed by atoms with Crippen LogP contribution in [0, 0.1) is 6.92 Å². The minimum Gasteiger partial charge on any atom is -0.462 e. The van der Waals surface area contributed by atoms with Crippen LogP contribution in [0.1, 0.15) is 22.9 Å². The number of benzene rings is 1. The Kier molecular flexibility index (Phi) is 3.67. The second-order valence-electron chi connectivity index (χ2n) is 4.71. The normalized spacial score (nSPS) is 12.5. The molecule has 1 aromatic carbocycles. The molecular weight excluding hydrogens is 270 g/mol. The Bertz CT molecular complexity index is 687. The monoisotopic (exact) mass is 285 g/mol. The van der Waals surface area contributed by atoms with Crippen LogP contribution in [0.4, 0.5) is 0 Å². The summed E-state index contributed by atoms with van der Waals surface area (Å²) >= 11 is 1.54. The van der Waals surface area contributed by atoms with Gasteiger partial charge in [0.1, 0.15) is 0 Å². The molecule has 0 fully saturated rings. The van der Waals surface area contributed by atoms with Gasteiger partial charge in [-0.15, -0.1) is 11.3 Å². The summed E-state index contributed by atoms with van der Waals surface area (Å²) in [6, 6.07) is 11.6. The van der Waals surface area contributed by atoms with Gasteiger partial charge in [-0.3, -0.25) is 0 Å². The van der Waals surface area contributed by atoms with Gasteiger partial charge in [0.25, 0.3) is 0 Å². The first-order valence-corrected chi connectivity index (χ1v) is 7.34. The molecule has 0 saturated heterocycles. The third-order valence-corrected chi connectivity index (χ3v) is 4.08. The summed E-state index contributed by atoms with van der Waals surface area (Å²) in [5, 5.41) is 13.0. The smallest absolute Gasteiger partial charge is 0.165 e. The van der Waals surface area contributed by atoms with E-state index in [-0.39, 0.29) is 0 Å². The van der Waals surface area contributed by atoms with E-state index in [2.05, 4.69) is 4.98 Å². The van der Waals surface area contributed by atoms with Crippen LogP contribution in [-0.4, -0.2) is 10.1 Å². The van der Waals surface area contributed by atoms with Gasteiger partial charge in [-0.05, 0) is 24.1 Å². The van der Waals surface area contributed by atoms with Crippen molar-refractivity contribution in [2.75, 3.05) is 0 Å². The van der Waals surface area contributed by atoms with Crippen molar-refractivity contribution in [3.05, 3.63) is 64.9 Å². The average Bonchev–Trinajstić information content (AvgIpc) is 3.08. The van der Waals surface area contributed by atoms with Crippen molar-refractivity contribution in [3.63, 3.8) is 0 Å². The maximum atomic E-state index is 10.2. The molecular formula is C16H15NO2S. The predicted molar refractivity (Wildman–Crippen MR) is 79.7 cm³/mol. The van der Waals surface area contributed by atoms with E-state index in [4.69, 9.17) is 4.42 Å². The molecule has 2 heterocycles. The molecule has 0 amide bonds. The summed E-state index contributed by atoms with van der Waals surface area (Å²) in [7, 11) is 0. The lowest BCUT2D eigenvalue weighted by Crippen LogP contribution is -2.01. The van der Waals surface area contributed by atoms with Crippen LogP contribution in [0.3, 0.4) is 0 Å². The summed E-state index contributed by atoms with van der Waals surface area (Å²) < 4.78 is 5.44. The van der Waals surface area contributed by atoms with Crippen LogP contribution in [0.5, 0.6) is 0 Å². The highest BCUT2D eigenvalue weighted by atomic mass is 32.1. The Morgan fingerprint density at radius 2 is 2.05 bits per heavy atom. The van der Waals surface area contributed by atoms with Crippen molar-refractivity contribution >= 4 is 11.3 Å². The number of aliphatic hydroxyl groups excluding tert-OH is 1. The van der Waals surface area contributed by atoms with E-state index in [0.717, 1.165) is 27.6 Å². The second-order valence-corrected chi connectivity index (χ2v) is 5.57. The van der Waals surface area contributed by atoms with E-state index in [1.807, 2.05) is 48.7 Å². The SMILES string of the molecule is Cc1ccoc1-c1nc(CC(O)c2ccccc2)cs1. The molecule has 0 saturated carbocycles. The zero-order chi connectivity index (χ0) is 13.9. The molecule has 0 aliphatic rings. The molecule has 1 atom stereocenters. The molecule has 0 radical (unpaired) electrons. The van der Waals surface area contributed by atoms with E-state index < -0.39 is 6.10 Å². The maximum absolute atomic E-state index is 10.2. The third kappa shape index (κ3) is 2.66. The van der Waals surface area contributed by atoms with Crippen molar-refractivity contribution in [1.29, 1.82) is 0 Å². The van der Waals surface area contributed by atoms with Crippen molar-refractivity contribution in [1.82, 2.24) is 4.98 Å². The van der Waals surface area contributed by atoms with Crippen molar-refractivity contribution in [2.45, 2.75) is 19.4 Å². The fourth-order valence-electron chi connectivity index (χ4n) is 2.09. The molecule has 0 spiro atoms. The Morgan fingerprint density at radius 3 is 2.75 bits per heavy atom. The molecule has 3 rings (SSSR count). The van der Waals surface area contributed by atoms with Gasteiger partial charge in [0, 0.05) is 11.8 Å². The van der Waals surface area contributed by atoms with E-state index in [1.165, 1.54) is 0 Å². The summed E-state index contributed by atoms with van der Waals surface area (Å²) in [4.78, 5) is 4.54. The highest BCUT2D eigenvalue weighted by Crippen LogP contribution is 2.29. The first kappa shape index (κ1) is 13.1. The fourth-order valence-corrected chi connectivity index (χ4v) is 2.97. The quantitative estimate of drug-likeness (QED) is 0.788. The van der Waals surface area contributed by atoms with Gasteiger partial charge >= 0.3 is 0 Å². The largest absolute Gasteiger partial charge is 0.462 e. The molecule has 0 aliphatic carbocycles. The van der Waals surface area contributed by atoms with Crippen LogP contribution in [-0.2, 0) is 6.42 Å². The number of thiazole rings is 1. The molecule has 0 aliphatic heterocycles. The molecule has 102 valence electrons. The molecule has 1 unspecified atom stereocenters. The Morgan fingerprint density at radius 1 is 1.25 bits per heavy atom. The predicted octanol–water partition coefficient (Wildman–Crippen LogP) is 3.99. The molecule has 3 aromatic rings. The van der Waals surface area contributed by atoms with Gasteiger partial charge in [-0.2, -0.15) is 0 Å². The number of aryl methyl sites for hydroxylation is 1. The summed E-state index contributed by atoms with van der Waals surface area (Å²) in [6.45, 7) is 2.00. The highest BCUT2D eigenvalue weighted by Gasteiger charge is 2.14. The van der Waals surface area contributed by atoms with E-state index >= 15 is 0 Å². The van der Waals surface area contributed by atoms with Gasteiger partial charge in [0.05, 0.1) is 18.1 Å². The zero-order valence-electron chi connectivity index (χ0n) is 11.1. The van der Waals surface area contributed by atoms with Gasteiger partial charge in [-0.25, -0.2) is 4.98 Å². The number of aromatic nitrogens is 1. The Balaban J connectivity index is 1.77. The minimum atomic E-state index is -0.524. The van der Waals surface area contributed by atoms with E-state index in [0.29, 0.717) is 6.42 Å². The first-order chi connectivity index (χ1) is 9.74. The molecule has 20 heavy (non-hydrogen) atoms. The maximum Gasteiger partial charge on any atom is 0.165 e. The lowest BCUT2D eigenvalue weighted by molar-refractivity contribution is 0.177. The molecule has 1 N–H and O–H groups in total. The number of hydrogen-bond donors (Lipinski definition) is 1. The molecule has 0 bridgehead atoms. The van der Waals surface area contributed by atoms with Gasteiger partial charge in [-0.1, -0.05) is 30.3 Å². The fraction of sp³-hybridized carbons (Fsp3) is 0.188. The number of aliphatic hydroxyl groups is 1. The lowest BCUT2D eigenvalue weighted by Gasteiger charge is -2.08. The molecule has 4 heteroatoms. The number of nitrogens with zero attached hydrogens (tertiary/aromatic N) is 1. The van der Waals surface area contributed by atoms with Crippen LogP contribution >= 0.6 is 11.3 Å². The number of hydrogen-bond acceptors (Lipinski definition) is 4. The summed E-state index contributed by atoms with van der Waals surface area (Å²) in [5.74, 6) is 0.815. The topological polar surface area (TPSA) is 46.3 Å². The van der Waals surface area contributed by atoms with Crippen molar-refractivity contribution < 1.29 is 9.52 Å². The number of rotatable bonds is 4. The zero-order valence-corrected chi connectivity index (χ0v) is 11.9. The Hall–Kier alpha value is -1.91. The first-order valence-electron chi connectivity index (χ1n) is 6.46. The van der Waals surface area contributed by atoms with Crippen molar-refractivity contribution in [3.8, 4) is 10.8 Å². The summed E-state index contributed by atoms with van der Waals surface area (Å²) in [6.07, 6.45) is 1.66. The standard InChI is InChI=1S/C16H15NO2S/c1-11-7-8-19-15(11)16-17-13(10-20-16)9-14(18)12-5-3-2-4-6-12/h2-8,10,14,18H,9H2,1H3. The number of furan rings is 1. The average molecular weight is 285 g/mol. The highest BCUT2D eigenvalue weighted by molar-refractivity contribution is 7.13. The van der Waals surface area contributed by atoms with Gasteiger partial charge in [0.15, 0.2) is 10.8 Å². The van der Waals surface area contributed by atoms with E-state index in [1.54, 1.807) is 17.6 Å². The third-order valence-electron chi connectivity index (χ3n) is 3.19. The van der Waals surface area contributed by atoms with Crippen LogP contribution < -0.4 is 0 Å². The Labute approximate surface area is 121 Å². The minimum absolute atomic E-state index is 0.514. The van der Waals surface area contributed by atoms with E-state index in [9.17, 15) is 5.11 Å². The van der Waals surface area contributed by atoms with Crippen LogP contribution in [0.15, 0.2) is 52.5 Å². The second kappa shape index (κ2) is 5.61.